The van der Waals surface area contributed by atoms with Crippen LogP contribution in [0, 0.1) is 11.6 Å². The molecule has 0 radical (unpaired) electrons. The van der Waals surface area contributed by atoms with Gasteiger partial charge in [0.2, 0.25) is 5.91 Å². The monoisotopic (exact) mass is 325 g/mol. The van der Waals surface area contributed by atoms with Crippen LogP contribution in [0.4, 0.5) is 14.5 Å². The lowest BCUT2D eigenvalue weighted by Crippen LogP contribution is -2.14. The first-order valence-electron chi connectivity index (χ1n) is 5.54. The van der Waals surface area contributed by atoms with Gasteiger partial charge in [0.15, 0.2) is 0 Å². The Kier molecular flexibility index (Phi) is 4.27. The second-order valence-electron chi connectivity index (χ2n) is 3.98. The number of rotatable bonds is 3. The molecule has 19 heavy (non-hydrogen) atoms. The lowest BCUT2D eigenvalue weighted by atomic mass is 10.1. The van der Waals surface area contributed by atoms with E-state index in [1.807, 2.05) is 0 Å². The third-order valence-electron chi connectivity index (χ3n) is 2.48. The van der Waals surface area contributed by atoms with Crippen molar-refractivity contribution in [2.75, 3.05) is 5.32 Å². The standard InChI is InChI=1S/C14H10BrF2NO/c15-12-6-5-11(17)8-13(12)18-14(19)7-9-1-3-10(16)4-2-9/h1-6,8H,7H2,(H,18,19). The summed E-state index contributed by atoms with van der Waals surface area (Å²) < 4.78 is 26.4. The van der Waals surface area contributed by atoms with Crippen molar-refractivity contribution in [3.05, 3.63) is 64.1 Å². The predicted molar refractivity (Wildman–Crippen MR) is 72.8 cm³/mol. The fourth-order valence-corrected chi connectivity index (χ4v) is 1.92. The normalized spacial score (nSPS) is 10.3. The van der Waals surface area contributed by atoms with Crippen LogP contribution >= 0.6 is 15.9 Å². The first kappa shape index (κ1) is 13.7. The van der Waals surface area contributed by atoms with E-state index in [4.69, 9.17) is 0 Å². The van der Waals surface area contributed by atoms with Crippen LogP contribution in [0.5, 0.6) is 0 Å². The molecule has 2 nitrogen and oxygen atoms in total. The van der Waals surface area contributed by atoms with E-state index in [1.54, 1.807) is 0 Å². The SMILES string of the molecule is O=C(Cc1ccc(F)cc1)Nc1cc(F)ccc1Br. The van der Waals surface area contributed by atoms with Crippen LogP contribution < -0.4 is 5.32 Å². The van der Waals surface area contributed by atoms with Gasteiger partial charge in [-0.15, -0.1) is 0 Å². The van der Waals surface area contributed by atoms with Gasteiger partial charge in [-0.3, -0.25) is 4.79 Å². The lowest BCUT2D eigenvalue weighted by Gasteiger charge is -2.07. The molecular formula is C14H10BrF2NO. The zero-order valence-electron chi connectivity index (χ0n) is 9.79. The van der Waals surface area contributed by atoms with Gasteiger partial charge in [0.05, 0.1) is 12.1 Å². The molecule has 0 saturated carbocycles. The molecule has 0 heterocycles. The molecule has 2 aromatic rings. The molecule has 0 aromatic heterocycles. The number of hydrogen-bond donors (Lipinski definition) is 1. The Hall–Kier alpha value is -1.75. The van der Waals surface area contributed by atoms with Crippen molar-refractivity contribution >= 4 is 27.5 Å². The summed E-state index contributed by atoms with van der Waals surface area (Å²) in [6.07, 6.45) is 0.100. The highest BCUT2D eigenvalue weighted by molar-refractivity contribution is 9.10. The van der Waals surface area contributed by atoms with Crippen LogP contribution in [-0.2, 0) is 11.2 Å². The Labute approximate surface area is 117 Å². The molecule has 0 aliphatic rings. The van der Waals surface area contributed by atoms with Gasteiger partial charge in [0.1, 0.15) is 11.6 Å². The number of benzene rings is 2. The Balaban J connectivity index is 2.05. The number of anilines is 1. The van der Waals surface area contributed by atoms with Crippen molar-refractivity contribution in [2.24, 2.45) is 0 Å². The molecule has 0 spiro atoms. The molecular weight excluding hydrogens is 316 g/mol. The molecule has 0 fully saturated rings. The minimum absolute atomic E-state index is 0.100. The molecule has 1 N–H and O–H groups in total. The van der Waals surface area contributed by atoms with E-state index >= 15 is 0 Å². The summed E-state index contributed by atoms with van der Waals surface area (Å²) in [5.74, 6) is -1.07. The van der Waals surface area contributed by atoms with Gasteiger partial charge in [-0.2, -0.15) is 0 Å². The highest BCUT2D eigenvalue weighted by atomic mass is 79.9. The summed E-state index contributed by atoms with van der Waals surface area (Å²) >= 11 is 3.22. The summed E-state index contributed by atoms with van der Waals surface area (Å²) in [5.41, 5.74) is 1.05. The van der Waals surface area contributed by atoms with Crippen molar-refractivity contribution in [3.63, 3.8) is 0 Å². The smallest absolute Gasteiger partial charge is 0.228 e. The van der Waals surface area contributed by atoms with E-state index in [9.17, 15) is 13.6 Å². The Bertz CT molecular complexity index is 599. The van der Waals surface area contributed by atoms with Crippen LogP contribution in [0.1, 0.15) is 5.56 Å². The van der Waals surface area contributed by atoms with E-state index in [2.05, 4.69) is 21.2 Å². The fraction of sp³-hybridized carbons (Fsp3) is 0.0714. The van der Waals surface area contributed by atoms with Gasteiger partial charge in [-0.1, -0.05) is 12.1 Å². The third-order valence-corrected chi connectivity index (χ3v) is 3.17. The molecule has 0 bridgehead atoms. The zero-order chi connectivity index (χ0) is 13.8. The van der Waals surface area contributed by atoms with E-state index in [0.717, 1.165) is 0 Å². The summed E-state index contributed by atoms with van der Waals surface area (Å²) in [7, 11) is 0. The fourth-order valence-electron chi connectivity index (χ4n) is 1.58. The number of nitrogens with one attached hydrogen (secondary N) is 1. The van der Waals surface area contributed by atoms with Gasteiger partial charge in [-0.05, 0) is 51.8 Å². The maximum Gasteiger partial charge on any atom is 0.228 e. The van der Waals surface area contributed by atoms with Crippen molar-refractivity contribution in [1.82, 2.24) is 0 Å². The van der Waals surface area contributed by atoms with Crippen LogP contribution in [0.15, 0.2) is 46.9 Å². The quantitative estimate of drug-likeness (QED) is 0.910. The first-order valence-corrected chi connectivity index (χ1v) is 6.33. The molecule has 2 rings (SSSR count). The van der Waals surface area contributed by atoms with Gasteiger partial charge in [0, 0.05) is 4.47 Å². The largest absolute Gasteiger partial charge is 0.325 e. The minimum atomic E-state index is -0.430. The van der Waals surface area contributed by atoms with E-state index in [-0.39, 0.29) is 18.1 Å². The maximum absolute atomic E-state index is 13.1. The van der Waals surface area contributed by atoms with Crippen LogP contribution in [0.2, 0.25) is 0 Å². The third kappa shape index (κ3) is 3.86. The van der Waals surface area contributed by atoms with Crippen molar-refractivity contribution in [2.45, 2.75) is 6.42 Å². The van der Waals surface area contributed by atoms with Crippen LogP contribution in [0.3, 0.4) is 0 Å². The number of amides is 1. The topological polar surface area (TPSA) is 29.1 Å². The van der Waals surface area contributed by atoms with Crippen molar-refractivity contribution in [3.8, 4) is 0 Å². The van der Waals surface area contributed by atoms with E-state index in [0.29, 0.717) is 15.7 Å². The Morgan fingerprint density at radius 3 is 2.37 bits per heavy atom. The van der Waals surface area contributed by atoms with Crippen LogP contribution in [-0.4, -0.2) is 5.91 Å². The van der Waals surface area contributed by atoms with E-state index in [1.165, 1.54) is 42.5 Å². The molecule has 0 unspecified atom stereocenters. The molecule has 2 aromatic carbocycles. The highest BCUT2D eigenvalue weighted by Crippen LogP contribution is 2.23. The zero-order valence-corrected chi connectivity index (χ0v) is 11.4. The van der Waals surface area contributed by atoms with Crippen molar-refractivity contribution < 1.29 is 13.6 Å². The molecule has 5 heteroatoms. The first-order chi connectivity index (χ1) is 9.04. The minimum Gasteiger partial charge on any atom is -0.325 e. The number of halogens is 3. The average molecular weight is 326 g/mol. The summed E-state index contributed by atoms with van der Waals surface area (Å²) in [4.78, 5) is 11.8. The maximum atomic E-state index is 13.1. The van der Waals surface area contributed by atoms with E-state index < -0.39 is 5.82 Å². The number of hydrogen-bond acceptors (Lipinski definition) is 1. The van der Waals surface area contributed by atoms with Gasteiger partial charge in [0.25, 0.3) is 0 Å². The van der Waals surface area contributed by atoms with Crippen LogP contribution in [0.25, 0.3) is 0 Å². The van der Waals surface area contributed by atoms with Gasteiger partial charge < -0.3 is 5.32 Å². The summed E-state index contributed by atoms with van der Waals surface area (Å²) in [6, 6.07) is 9.70. The predicted octanol–water partition coefficient (Wildman–Crippen LogP) is 3.91. The Morgan fingerprint density at radius 1 is 1.05 bits per heavy atom. The molecule has 0 aliphatic heterocycles. The second kappa shape index (κ2) is 5.93. The number of carbonyl (C=O) groups is 1. The van der Waals surface area contributed by atoms with Crippen molar-refractivity contribution in [1.29, 1.82) is 0 Å². The molecule has 1 amide bonds. The molecule has 0 atom stereocenters. The molecule has 0 saturated heterocycles. The molecule has 98 valence electrons. The summed E-state index contributed by atoms with van der Waals surface area (Å²) in [6.45, 7) is 0. The number of carbonyl (C=O) groups excluding carboxylic acids is 1. The highest BCUT2D eigenvalue weighted by Gasteiger charge is 2.07. The lowest BCUT2D eigenvalue weighted by molar-refractivity contribution is -0.115. The molecule has 0 aliphatic carbocycles. The summed E-state index contributed by atoms with van der Waals surface area (Å²) in [5, 5.41) is 2.59. The Morgan fingerprint density at radius 2 is 1.68 bits per heavy atom. The average Bonchev–Trinajstić information content (AvgIpc) is 2.37. The van der Waals surface area contributed by atoms with Gasteiger partial charge >= 0.3 is 0 Å². The van der Waals surface area contributed by atoms with Gasteiger partial charge in [-0.25, -0.2) is 8.78 Å². The second-order valence-corrected chi connectivity index (χ2v) is 4.83.